The van der Waals surface area contributed by atoms with Crippen molar-refractivity contribution >= 4 is 5.69 Å². The number of aryl methyl sites for hydroxylation is 1. The molecule has 0 atom stereocenters. The Labute approximate surface area is 57.8 Å². The number of nitrogens with zero attached hydrogens (tertiary/aromatic N) is 1. The van der Waals surface area contributed by atoms with Crippen LogP contribution < -0.4 is 5.34 Å². The highest BCUT2D eigenvalue weighted by Crippen LogP contribution is 2.15. The maximum absolute atomic E-state index is 11.8. The summed E-state index contributed by atoms with van der Waals surface area (Å²) in [6.07, 6.45) is 0. The van der Waals surface area contributed by atoms with Crippen LogP contribution in [0.1, 0.15) is 5.56 Å². The van der Waals surface area contributed by atoms with Gasteiger partial charge in [-0.25, -0.2) is 0 Å². The van der Waals surface area contributed by atoms with Gasteiger partial charge in [-0.15, -0.1) is 0 Å². The van der Waals surface area contributed by atoms with Crippen molar-refractivity contribution in [2.45, 2.75) is 6.92 Å². The maximum Gasteiger partial charge on any atom is 0.105 e. The molecule has 0 unspecified atom stereocenters. The highest BCUT2D eigenvalue weighted by atomic mass is 19.4. The Kier molecular flexibility index (Phi) is 1.85. The second kappa shape index (κ2) is 2.64. The van der Waals surface area contributed by atoms with Gasteiger partial charge >= 0.3 is 0 Å². The fraction of sp³-hybridized carbons (Fsp3) is 0.143. The van der Waals surface area contributed by atoms with Crippen molar-refractivity contribution in [2.24, 2.45) is 0 Å². The number of halogens is 2. The SMILES string of the molecule is Cc1cccc(N(F)F)c1. The Balaban J connectivity index is 2.96. The molecular weight excluding hydrogens is 136 g/mol. The van der Waals surface area contributed by atoms with Crippen molar-refractivity contribution in [1.29, 1.82) is 0 Å². The zero-order chi connectivity index (χ0) is 7.56. The van der Waals surface area contributed by atoms with Crippen LogP contribution >= 0.6 is 0 Å². The van der Waals surface area contributed by atoms with E-state index in [-0.39, 0.29) is 5.69 Å². The van der Waals surface area contributed by atoms with Gasteiger partial charge in [0, 0.05) is 0 Å². The van der Waals surface area contributed by atoms with Crippen molar-refractivity contribution in [3.8, 4) is 0 Å². The first-order valence-electron chi connectivity index (χ1n) is 2.88. The third-order valence-electron chi connectivity index (χ3n) is 1.20. The highest BCUT2D eigenvalue weighted by molar-refractivity contribution is 5.43. The summed E-state index contributed by atoms with van der Waals surface area (Å²) in [5, 5.41) is -0.896. The largest absolute Gasteiger partial charge is 0.105 e. The Morgan fingerprint density at radius 3 is 2.40 bits per heavy atom. The van der Waals surface area contributed by atoms with Crippen LogP contribution in [0.25, 0.3) is 0 Å². The third kappa shape index (κ3) is 1.43. The van der Waals surface area contributed by atoms with Crippen molar-refractivity contribution in [3.05, 3.63) is 29.8 Å². The van der Waals surface area contributed by atoms with E-state index in [2.05, 4.69) is 0 Å². The molecule has 0 bridgehead atoms. The lowest BCUT2D eigenvalue weighted by Crippen LogP contribution is -1.94. The minimum atomic E-state index is -0.896. The van der Waals surface area contributed by atoms with Crippen LogP contribution in [0, 0.1) is 6.92 Å². The summed E-state index contributed by atoms with van der Waals surface area (Å²) in [6, 6.07) is 6.14. The molecule has 1 aromatic carbocycles. The predicted molar refractivity (Wildman–Crippen MR) is 35.9 cm³/mol. The smallest absolute Gasteiger partial charge is 0.0666 e. The normalized spacial score (nSPS) is 9.50. The van der Waals surface area contributed by atoms with E-state index in [1.54, 1.807) is 19.1 Å². The monoisotopic (exact) mass is 143 g/mol. The van der Waals surface area contributed by atoms with Gasteiger partial charge < -0.3 is 0 Å². The van der Waals surface area contributed by atoms with E-state index in [0.717, 1.165) is 5.56 Å². The van der Waals surface area contributed by atoms with E-state index in [1.807, 2.05) is 0 Å². The summed E-state index contributed by atoms with van der Waals surface area (Å²) >= 11 is 0. The molecule has 0 aliphatic heterocycles. The van der Waals surface area contributed by atoms with E-state index < -0.39 is 5.34 Å². The first-order valence-corrected chi connectivity index (χ1v) is 2.88. The van der Waals surface area contributed by atoms with Crippen LogP contribution in [-0.4, -0.2) is 0 Å². The summed E-state index contributed by atoms with van der Waals surface area (Å²) in [6.45, 7) is 1.77. The average Bonchev–Trinajstić information content (AvgIpc) is 1.88. The number of anilines is 1. The molecular formula is C7H7F2N. The third-order valence-corrected chi connectivity index (χ3v) is 1.20. The van der Waals surface area contributed by atoms with Gasteiger partial charge in [0.2, 0.25) is 0 Å². The molecule has 0 aromatic heterocycles. The van der Waals surface area contributed by atoms with Crippen molar-refractivity contribution in [3.63, 3.8) is 0 Å². The fourth-order valence-corrected chi connectivity index (χ4v) is 0.733. The van der Waals surface area contributed by atoms with Gasteiger partial charge in [-0.1, -0.05) is 21.1 Å². The predicted octanol–water partition coefficient (Wildman–Crippen LogP) is 2.57. The molecule has 1 aromatic rings. The molecule has 0 heterocycles. The molecule has 0 saturated carbocycles. The van der Waals surface area contributed by atoms with Gasteiger partial charge in [0.05, 0.1) is 0 Å². The second-order valence-electron chi connectivity index (χ2n) is 2.07. The minimum absolute atomic E-state index is 0.0694. The molecule has 0 N–H and O–H groups in total. The van der Waals surface area contributed by atoms with Crippen molar-refractivity contribution in [2.75, 3.05) is 5.34 Å². The molecule has 0 aliphatic carbocycles. The molecule has 0 aliphatic rings. The maximum atomic E-state index is 11.8. The van der Waals surface area contributed by atoms with Crippen molar-refractivity contribution in [1.82, 2.24) is 0 Å². The molecule has 0 radical (unpaired) electrons. The lowest BCUT2D eigenvalue weighted by atomic mass is 10.2. The first kappa shape index (κ1) is 6.99. The van der Waals surface area contributed by atoms with Crippen LogP contribution in [-0.2, 0) is 0 Å². The van der Waals surface area contributed by atoms with E-state index in [9.17, 15) is 8.96 Å². The number of hydrogen-bond acceptors (Lipinski definition) is 1. The average molecular weight is 143 g/mol. The van der Waals surface area contributed by atoms with Crippen LogP contribution in [0.15, 0.2) is 24.3 Å². The van der Waals surface area contributed by atoms with Gasteiger partial charge in [0.1, 0.15) is 5.69 Å². The Bertz CT molecular complexity index is 223. The topological polar surface area (TPSA) is 3.24 Å². The number of hydrogen-bond donors (Lipinski definition) is 0. The van der Waals surface area contributed by atoms with Crippen LogP contribution in [0.2, 0.25) is 0 Å². The molecule has 0 fully saturated rings. The quantitative estimate of drug-likeness (QED) is 0.546. The summed E-state index contributed by atoms with van der Waals surface area (Å²) < 4.78 is 23.6. The summed E-state index contributed by atoms with van der Waals surface area (Å²) in [5.41, 5.74) is 0.762. The molecule has 1 rings (SSSR count). The van der Waals surface area contributed by atoms with Gasteiger partial charge in [-0.2, -0.15) is 0 Å². The molecule has 1 nitrogen and oxygen atoms in total. The Morgan fingerprint density at radius 2 is 2.00 bits per heavy atom. The van der Waals surface area contributed by atoms with Crippen LogP contribution in [0.4, 0.5) is 14.6 Å². The van der Waals surface area contributed by atoms with Crippen LogP contribution in [0.3, 0.4) is 0 Å². The van der Waals surface area contributed by atoms with Gasteiger partial charge in [0.15, 0.2) is 0 Å². The van der Waals surface area contributed by atoms with E-state index >= 15 is 0 Å². The lowest BCUT2D eigenvalue weighted by Gasteiger charge is -2.00. The molecule has 0 saturated heterocycles. The molecule has 3 heteroatoms. The van der Waals surface area contributed by atoms with Gasteiger partial charge in [-0.05, 0) is 30.0 Å². The second-order valence-corrected chi connectivity index (χ2v) is 2.07. The Hall–Kier alpha value is -1.12. The highest BCUT2D eigenvalue weighted by Gasteiger charge is 2.00. The van der Waals surface area contributed by atoms with E-state index in [4.69, 9.17) is 0 Å². The molecule has 54 valence electrons. The zero-order valence-electron chi connectivity index (χ0n) is 5.51. The van der Waals surface area contributed by atoms with Crippen molar-refractivity contribution < 1.29 is 8.96 Å². The number of rotatable bonds is 1. The zero-order valence-corrected chi connectivity index (χ0v) is 5.51. The van der Waals surface area contributed by atoms with Gasteiger partial charge in [-0.3, -0.25) is 0 Å². The van der Waals surface area contributed by atoms with E-state index in [0.29, 0.717) is 0 Å². The molecule has 10 heavy (non-hydrogen) atoms. The summed E-state index contributed by atoms with van der Waals surface area (Å²) in [4.78, 5) is 0. The first-order chi connectivity index (χ1) is 4.70. The lowest BCUT2D eigenvalue weighted by molar-refractivity contribution is 0.235. The number of benzene rings is 1. The Morgan fingerprint density at radius 1 is 1.30 bits per heavy atom. The van der Waals surface area contributed by atoms with E-state index in [1.165, 1.54) is 12.1 Å². The summed E-state index contributed by atoms with van der Waals surface area (Å²) in [7, 11) is 0. The fourth-order valence-electron chi connectivity index (χ4n) is 0.733. The van der Waals surface area contributed by atoms with Crippen LogP contribution in [0.5, 0.6) is 0 Å². The standard InChI is InChI=1S/C7H7F2N/c1-6-3-2-4-7(5-6)10(8)9/h2-5H,1H3. The molecule has 0 amide bonds. The van der Waals surface area contributed by atoms with Gasteiger partial charge in [0.25, 0.3) is 0 Å². The summed E-state index contributed by atoms with van der Waals surface area (Å²) in [5.74, 6) is 0. The molecule has 0 spiro atoms. The minimum Gasteiger partial charge on any atom is -0.0666 e.